The van der Waals surface area contributed by atoms with Gasteiger partial charge in [-0.25, -0.2) is 4.79 Å². The Morgan fingerprint density at radius 1 is 1.47 bits per heavy atom. The van der Waals surface area contributed by atoms with Crippen LogP contribution in [0.2, 0.25) is 0 Å². The zero-order valence-corrected chi connectivity index (χ0v) is 11.4. The summed E-state index contributed by atoms with van der Waals surface area (Å²) in [5, 5.41) is 19.8. The molecular weight excluding hydrogens is 250 g/mol. The van der Waals surface area contributed by atoms with Gasteiger partial charge in [-0.1, -0.05) is 0 Å². The minimum atomic E-state index is -0.968. The minimum Gasteiger partial charge on any atom is -0.481 e. The van der Waals surface area contributed by atoms with E-state index < -0.39 is 12.1 Å². The van der Waals surface area contributed by atoms with Gasteiger partial charge in [0.25, 0.3) is 0 Å². The van der Waals surface area contributed by atoms with Crippen molar-refractivity contribution in [2.45, 2.75) is 32.8 Å². The van der Waals surface area contributed by atoms with Crippen LogP contribution in [0.4, 0.5) is 4.79 Å². The van der Waals surface area contributed by atoms with Gasteiger partial charge in [0.05, 0.1) is 25.0 Å². The lowest BCUT2D eigenvalue weighted by Crippen LogP contribution is -2.44. The van der Waals surface area contributed by atoms with Crippen LogP contribution < -0.4 is 5.32 Å². The topological polar surface area (TPSA) is 103 Å². The van der Waals surface area contributed by atoms with Crippen molar-refractivity contribution < 1.29 is 19.4 Å². The molecule has 0 aromatic carbocycles. The molecule has 0 spiro atoms. The monoisotopic (exact) mass is 271 g/mol. The Hall–Kier alpha value is -1.81. The lowest BCUT2D eigenvalue weighted by molar-refractivity contribution is -0.140. The highest BCUT2D eigenvalue weighted by molar-refractivity contribution is 5.74. The van der Waals surface area contributed by atoms with E-state index >= 15 is 0 Å². The van der Waals surface area contributed by atoms with E-state index in [0.717, 1.165) is 0 Å². The van der Waals surface area contributed by atoms with Gasteiger partial charge in [-0.05, 0) is 13.8 Å². The summed E-state index contributed by atoms with van der Waals surface area (Å²) in [6, 6.07) is 1.66. The summed E-state index contributed by atoms with van der Waals surface area (Å²) in [7, 11) is 0. The third-order valence-electron chi connectivity index (χ3n) is 2.45. The number of carbonyl (C=O) groups excluding carboxylic acids is 1. The number of urea groups is 1. The largest absolute Gasteiger partial charge is 0.481 e. The smallest absolute Gasteiger partial charge is 0.317 e. The van der Waals surface area contributed by atoms with E-state index in [0.29, 0.717) is 19.7 Å². The van der Waals surface area contributed by atoms with E-state index in [-0.39, 0.29) is 25.4 Å². The summed E-state index contributed by atoms with van der Waals surface area (Å²) in [5.74, 6) is -0.968. The molecule has 0 radical (unpaired) electrons. The van der Waals surface area contributed by atoms with E-state index in [1.54, 1.807) is 6.92 Å². The number of carboxylic acids is 1. The van der Waals surface area contributed by atoms with Crippen molar-refractivity contribution in [1.82, 2.24) is 10.2 Å². The number of carbonyl (C=O) groups is 2. The molecule has 108 valence electrons. The highest BCUT2D eigenvalue weighted by Crippen LogP contribution is 1.99. The first-order valence-electron chi connectivity index (χ1n) is 6.28. The molecule has 7 heteroatoms. The first-order valence-corrected chi connectivity index (χ1v) is 6.28. The molecule has 0 fully saturated rings. The van der Waals surface area contributed by atoms with Crippen LogP contribution in [0.1, 0.15) is 26.7 Å². The Kier molecular flexibility index (Phi) is 9.18. The molecular formula is C12H21N3O4. The highest BCUT2D eigenvalue weighted by atomic mass is 16.5. The Morgan fingerprint density at radius 2 is 2.16 bits per heavy atom. The average Bonchev–Trinajstić information content (AvgIpc) is 2.36. The number of carboxylic acid groups (broad SMARTS) is 1. The van der Waals surface area contributed by atoms with E-state index in [4.69, 9.17) is 15.1 Å². The number of amides is 2. The third kappa shape index (κ3) is 8.00. The summed E-state index contributed by atoms with van der Waals surface area (Å²) in [6.07, 6.45) is -0.426. The number of rotatable bonds is 9. The van der Waals surface area contributed by atoms with Gasteiger partial charge in [0.15, 0.2) is 0 Å². The molecule has 0 aromatic heterocycles. The second-order valence-electron chi connectivity index (χ2n) is 3.85. The van der Waals surface area contributed by atoms with Crippen molar-refractivity contribution in [3.05, 3.63) is 0 Å². The third-order valence-corrected chi connectivity index (χ3v) is 2.45. The predicted octanol–water partition coefficient (Wildman–Crippen LogP) is 0.811. The van der Waals surface area contributed by atoms with Crippen molar-refractivity contribution in [1.29, 1.82) is 5.26 Å². The van der Waals surface area contributed by atoms with Gasteiger partial charge in [-0.15, -0.1) is 0 Å². The van der Waals surface area contributed by atoms with E-state index in [1.165, 1.54) is 4.90 Å². The van der Waals surface area contributed by atoms with Crippen molar-refractivity contribution in [3.8, 4) is 6.07 Å². The quantitative estimate of drug-likeness (QED) is 0.646. The summed E-state index contributed by atoms with van der Waals surface area (Å²) in [5.41, 5.74) is 0. The Morgan fingerprint density at radius 3 is 2.63 bits per heavy atom. The molecule has 2 amide bonds. The van der Waals surface area contributed by atoms with Gasteiger partial charge >= 0.3 is 12.0 Å². The highest BCUT2D eigenvalue weighted by Gasteiger charge is 2.16. The van der Waals surface area contributed by atoms with Gasteiger partial charge in [-0.2, -0.15) is 5.26 Å². The molecule has 0 aliphatic heterocycles. The van der Waals surface area contributed by atoms with Crippen LogP contribution in [0.5, 0.6) is 0 Å². The number of hydrogen-bond donors (Lipinski definition) is 2. The van der Waals surface area contributed by atoms with Crippen LogP contribution in [-0.2, 0) is 9.53 Å². The molecule has 0 heterocycles. The first-order chi connectivity index (χ1) is 9.04. The van der Waals surface area contributed by atoms with Gasteiger partial charge < -0.3 is 20.1 Å². The normalized spacial score (nSPS) is 11.4. The molecule has 1 atom stereocenters. The molecule has 0 bridgehead atoms. The molecule has 7 nitrogen and oxygen atoms in total. The van der Waals surface area contributed by atoms with Crippen molar-refractivity contribution in [2.24, 2.45) is 0 Å². The Bertz CT molecular complexity index is 327. The van der Waals surface area contributed by atoms with Crippen molar-refractivity contribution in [3.63, 3.8) is 0 Å². The van der Waals surface area contributed by atoms with Crippen LogP contribution in [-0.4, -0.2) is 54.4 Å². The molecule has 0 aliphatic carbocycles. The first kappa shape index (κ1) is 17.2. The summed E-state index contributed by atoms with van der Waals surface area (Å²) < 4.78 is 5.23. The van der Waals surface area contributed by atoms with E-state index in [9.17, 15) is 9.59 Å². The second kappa shape index (κ2) is 10.1. The van der Waals surface area contributed by atoms with Gasteiger partial charge in [-0.3, -0.25) is 4.79 Å². The predicted molar refractivity (Wildman–Crippen MR) is 68.5 cm³/mol. The molecule has 0 aliphatic rings. The number of aliphatic carboxylic acids is 1. The standard InChI is InChI=1S/C12H21N3O4/c1-3-15(7-5-6-13)12(18)14-9-10(19-4-2)8-11(16)17/h10H,3-5,7-9H2,1-2H3,(H,14,18)(H,16,17). The number of ether oxygens (including phenoxy) is 1. The maximum atomic E-state index is 11.8. The van der Waals surface area contributed by atoms with E-state index in [2.05, 4.69) is 5.32 Å². The maximum Gasteiger partial charge on any atom is 0.317 e. The summed E-state index contributed by atoms with van der Waals surface area (Å²) in [6.45, 7) is 4.96. The van der Waals surface area contributed by atoms with Crippen LogP contribution in [0.3, 0.4) is 0 Å². The van der Waals surface area contributed by atoms with Crippen LogP contribution in [0.25, 0.3) is 0 Å². The fourth-order valence-corrected chi connectivity index (χ4v) is 1.52. The molecule has 0 saturated heterocycles. The van der Waals surface area contributed by atoms with Crippen LogP contribution in [0, 0.1) is 11.3 Å². The number of nitrogens with one attached hydrogen (secondary N) is 1. The van der Waals surface area contributed by atoms with Gasteiger partial charge in [0, 0.05) is 26.2 Å². The van der Waals surface area contributed by atoms with Crippen LogP contribution in [0.15, 0.2) is 0 Å². The second-order valence-corrected chi connectivity index (χ2v) is 3.85. The van der Waals surface area contributed by atoms with Gasteiger partial charge in [0.1, 0.15) is 0 Å². The molecule has 2 N–H and O–H groups in total. The number of nitriles is 1. The molecule has 0 rings (SSSR count). The van der Waals surface area contributed by atoms with Crippen molar-refractivity contribution >= 4 is 12.0 Å². The summed E-state index contributed by atoms with van der Waals surface area (Å²) >= 11 is 0. The zero-order chi connectivity index (χ0) is 14.7. The fraction of sp³-hybridized carbons (Fsp3) is 0.750. The summed E-state index contributed by atoms with van der Waals surface area (Å²) in [4.78, 5) is 23.9. The fourth-order valence-electron chi connectivity index (χ4n) is 1.52. The molecule has 19 heavy (non-hydrogen) atoms. The number of nitrogens with zero attached hydrogens (tertiary/aromatic N) is 2. The van der Waals surface area contributed by atoms with Crippen molar-refractivity contribution in [2.75, 3.05) is 26.2 Å². The van der Waals surface area contributed by atoms with Gasteiger partial charge in [0.2, 0.25) is 0 Å². The SMILES string of the molecule is CCOC(CNC(=O)N(CC)CCC#N)CC(=O)O. The zero-order valence-electron chi connectivity index (χ0n) is 11.4. The Labute approximate surface area is 113 Å². The lowest BCUT2D eigenvalue weighted by atomic mass is 10.2. The number of hydrogen-bond acceptors (Lipinski definition) is 4. The molecule has 0 aromatic rings. The minimum absolute atomic E-state index is 0.141. The maximum absolute atomic E-state index is 11.8. The molecule has 0 saturated carbocycles. The van der Waals surface area contributed by atoms with Crippen LogP contribution >= 0.6 is 0 Å². The average molecular weight is 271 g/mol. The molecule has 1 unspecified atom stereocenters. The lowest BCUT2D eigenvalue weighted by Gasteiger charge is -2.22. The Balaban J connectivity index is 4.21. The van der Waals surface area contributed by atoms with E-state index in [1.807, 2.05) is 13.0 Å².